The molecule has 1 aliphatic rings. The van der Waals surface area contributed by atoms with E-state index in [0.29, 0.717) is 11.3 Å². The van der Waals surface area contributed by atoms with Crippen LogP contribution in [-0.4, -0.2) is 76.3 Å². The second kappa shape index (κ2) is 11.8. The van der Waals surface area contributed by atoms with Crippen LogP contribution in [0.25, 0.3) is 5.65 Å². The predicted octanol–water partition coefficient (Wildman–Crippen LogP) is 2.58. The highest BCUT2D eigenvalue weighted by molar-refractivity contribution is 7.70. The molecule has 16 heteroatoms. The maximum Gasteiger partial charge on any atom is 0.340 e. The monoisotopic (exact) mass is 590 g/mol. The number of aliphatic hydroxyl groups excluding tert-OH is 2. The Kier molecular flexibility index (Phi) is 9.06. The van der Waals surface area contributed by atoms with Gasteiger partial charge in [0.15, 0.2) is 11.6 Å². The highest BCUT2D eigenvalue weighted by Crippen LogP contribution is 2.55. The van der Waals surface area contributed by atoms with E-state index in [2.05, 4.69) is 27.2 Å². The van der Waals surface area contributed by atoms with Gasteiger partial charge in [-0.25, -0.2) is 14.5 Å². The SMILES string of the molecule is CO[C@H](COP(=O)(O)CP(=O)(O)O)[C@@H](O)[C@@H](O)c1cnc2c(C3CCC[C@H]3c3ccccc3)nc(Cl)nn12. The zero-order valence-corrected chi connectivity index (χ0v) is 22.9. The van der Waals surface area contributed by atoms with Crippen LogP contribution >= 0.6 is 26.8 Å². The zero-order chi connectivity index (χ0) is 27.7. The van der Waals surface area contributed by atoms with Crippen LogP contribution in [0.5, 0.6) is 0 Å². The Balaban J connectivity index is 1.59. The highest BCUT2D eigenvalue weighted by atomic mass is 35.5. The Bertz CT molecular complexity index is 1360. The summed E-state index contributed by atoms with van der Waals surface area (Å²) in [5.74, 6) is -1.20. The van der Waals surface area contributed by atoms with Crippen LogP contribution in [0.2, 0.25) is 5.28 Å². The van der Waals surface area contributed by atoms with Crippen LogP contribution in [0.3, 0.4) is 0 Å². The molecule has 0 amide bonds. The van der Waals surface area contributed by atoms with Crippen LogP contribution in [0, 0.1) is 0 Å². The smallest absolute Gasteiger partial charge is 0.340 e. The van der Waals surface area contributed by atoms with Crippen molar-refractivity contribution in [1.82, 2.24) is 19.6 Å². The molecule has 2 heterocycles. The van der Waals surface area contributed by atoms with Crippen molar-refractivity contribution in [3.05, 3.63) is 58.8 Å². The summed E-state index contributed by atoms with van der Waals surface area (Å²) in [7, 11) is -8.36. The Morgan fingerprint density at radius 1 is 1.13 bits per heavy atom. The van der Waals surface area contributed by atoms with E-state index in [1.165, 1.54) is 23.4 Å². The molecule has 0 saturated heterocycles. The minimum absolute atomic E-state index is 0.00515. The van der Waals surface area contributed by atoms with Crippen LogP contribution in [0.1, 0.15) is 54.2 Å². The number of ether oxygens (including phenoxy) is 1. The topological polar surface area (TPSA) is 197 Å². The van der Waals surface area contributed by atoms with Gasteiger partial charge in [0.2, 0.25) is 5.28 Å². The number of halogens is 1. The Morgan fingerprint density at radius 2 is 1.82 bits per heavy atom. The van der Waals surface area contributed by atoms with E-state index in [1.807, 2.05) is 18.2 Å². The highest BCUT2D eigenvalue weighted by Gasteiger charge is 2.37. The molecule has 1 aliphatic carbocycles. The summed E-state index contributed by atoms with van der Waals surface area (Å²) in [6.07, 6.45) is -0.566. The number of aliphatic hydroxyl groups is 2. The summed E-state index contributed by atoms with van der Waals surface area (Å²) in [5.41, 5.74) is 2.23. The molecular formula is C22H29ClN4O9P2. The third kappa shape index (κ3) is 6.68. The number of hydrogen-bond donors (Lipinski definition) is 5. The Hall–Kier alpha value is -1.76. The third-order valence-electron chi connectivity index (χ3n) is 6.60. The first-order valence-corrected chi connectivity index (χ1v) is 15.7. The maximum atomic E-state index is 12.0. The molecule has 13 nitrogen and oxygen atoms in total. The van der Waals surface area contributed by atoms with Gasteiger partial charge in [-0.2, -0.15) is 0 Å². The lowest BCUT2D eigenvalue weighted by molar-refractivity contribution is -0.0926. The molecule has 6 atom stereocenters. The van der Waals surface area contributed by atoms with Crippen molar-refractivity contribution in [1.29, 1.82) is 0 Å². The van der Waals surface area contributed by atoms with Crippen LogP contribution in [0.4, 0.5) is 0 Å². The minimum atomic E-state index is -4.84. The van der Waals surface area contributed by atoms with Gasteiger partial charge in [-0.1, -0.05) is 36.8 Å². The van der Waals surface area contributed by atoms with E-state index in [1.54, 1.807) is 0 Å². The molecule has 208 valence electrons. The molecule has 0 radical (unpaired) electrons. The van der Waals surface area contributed by atoms with Crippen molar-refractivity contribution < 1.29 is 43.3 Å². The Labute approximate surface area is 223 Å². The number of fused-ring (bicyclic) bond motifs is 1. The van der Waals surface area contributed by atoms with E-state index in [0.717, 1.165) is 19.3 Å². The molecule has 0 bridgehead atoms. The standard InChI is InChI=1S/C22H29ClN4O9P2/c1-35-17(11-36-38(33,34)12-37(30,31)32)20(29)19(28)16-10-24-21-18(25-22(23)26-27(16)21)15-9-5-8-14(15)13-6-3-2-4-7-13/h2-4,6-7,10,14-15,17,19-20,28-29H,5,8-9,11-12H2,1H3,(H,33,34)(H2,30,31,32)/t14-,15?,17+,19-,20+/m0/s1. The second-order valence-electron chi connectivity index (χ2n) is 9.19. The average molecular weight is 591 g/mol. The second-order valence-corrected chi connectivity index (χ2v) is 13.5. The van der Waals surface area contributed by atoms with Gasteiger partial charge < -0.3 is 34.2 Å². The lowest BCUT2D eigenvalue weighted by Crippen LogP contribution is -2.37. The molecule has 3 aromatic rings. The molecule has 0 spiro atoms. The minimum Gasteiger partial charge on any atom is -0.387 e. The van der Waals surface area contributed by atoms with Gasteiger partial charge in [0.25, 0.3) is 0 Å². The predicted molar refractivity (Wildman–Crippen MR) is 136 cm³/mol. The molecule has 1 fully saturated rings. The van der Waals surface area contributed by atoms with E-state index in [4.69, 9.17) is 30.6 Å². The van der Waals surface area contributed by atoms with Gasteiger partial charge in [-0.15, -0.1) is 5.10 Å². The molecular weight excluding hydrogens is 562 g/mol. The van der Waals surface area contributed by atoms with Crippen molar-refractivity contribution in [2.75, 3.05) is 19.6 Å². The summed E-state index contributed by atoms with van der Waals surface area (Å²) < 4.78 is 34.2. The summed E-state index contributed by atoms with van der Waals surface area (Å²) in [6.45, 7) is -0.735. The summed E-state index contributed by atoms with van der Waals surface area (Å²) >= 11 is 6.27. The van der Waals surface area contributed by atoms with Crippen molar-refractivity contribution in [2.45, 2.75) is 49.4 Å². The van der Waals surface area contributed by atoms with E-state index < -0.39 is 46.0 Å². The normalized spacial score (nSPS) is 22.3. The first kappa shape index (κ1) is 29.2. The maximum absolute atomic E-state index is 12.0. The van der Waals surface area contributed by atoms with E-state index in [9.17, 15) is 24.2 Å². The fourth-order valence-corrected chi connectivity index (χ4v) is 7.61. The number of benzene rings is 1. The average Bonchev–Trinajstić information content (AvgIpc) is 3.50. The van der Waals surface area contributed by atoms with Crippen LogP contribution in [-0.2, 0) is 18.4 Å². The first-order valence-electron chi connectivity index (χ1n) is 11.8. The van der Waals surface area contributed by atoms with Crippen molar-refractivity contribution in [3.63, 3.8) is 0 Å². The summed E-state index contributed by atoms with van der Waals surface area (Å²) in [6, 6.07) is 10.1. The van der Waals surface area contributed by atoms with Crippen molar-refractivity contribution in [3.8, 4) is 0 Å². The number of aromatic nitrogens is 4. The number of rotatable bonds is 11. The lowest BCUT2D eigenvalue weighted by Gasteiger charge is -2.26. The van der Waals surface area contributed by atoms with E-state index in [-0.39, 0.29) is 22.8 Å². The zero-order valence-electron chi connectivity index (χ0n) is 20.3. The van der Waals surface area contributed by atoms with Gasteiger partial charge in [0, 0.05) is 13.0 Å². The number of methoxy groups -OCH3 is 1. The van der Waals surface area contributed by atoms with Gasteiger partial charge in [-0.3, -0.25) is 9.13 Å². The lowest BCUT2D eigenvalue weighted by atomic mass is 9.87. The fourth-order valence-electron chi connectivity index (χ4n) is 4.88. The molecule has 2 aromatic heterocycles. The van der Waals surface area contributed by atoms with E-state index >= 15 is 0 Å². The third-order valence-corrected chi connectivity index (χ3v) is 10.2. The van der Waals surface area contributed by atoms with Gasteiger partial charge in [-0.05, 0) is 35.9 Å². The van der Waals surface area contributed by atoms with Crippen molar-refractivity contribution in [2.24, 2.45) is 0 Å². The van der Waals surface area contributed by atoms with Gasteiger partial charge in [0.05, 0.1) is 24.2 Å². The number of imidazole rings is 1. The molecule has 38 heavy (non-hydrogen) atoms. The molecule has 5 N–H and O–H groups in total. The summed E-state index contributed by atoms with van der Waals surface area (Å²) in [4.78, 5) is 36.5. The van der Waals surface area contributed by atoms with Crippen molar-refractivity contribution >= 4 is 32.4 Å². The molecule has 1 saturated carbocycles. The van der Waals surface area contributed by atoms with Gasteiger partial charge in [0.1, 0.15) is 18.3 Å². The summed E-state index contributed by atoms with van der Waals surface area (Å²) in [5, 5.41) is 25.8. The molecule has 4 rings (SSSR count). The number of hydrogen-bond acceptors (Lipinski definition) is 9. The Morgan fingerprint density at radius 3 is 2.47 bits per heavy atom. The number of nitrogens with zero attached hydrogens (tertiary/aromatic N) is 4. The molecule has 2 unspecified atom stereocenters. The molecule has 1 aromatic carbocycles. The van der Waals surface area contributed by atoms with Crippen LogP contribution < -0.4 is 0 Å². The van der Waals surface area contributed by atoms with Gasteiger partial charge >= 0.3 is 15.2 Å². The largest absolute Gasteiger partial charge is 0.387 e. The fraction of sp³-hybridized carbons (Fsp3) is 0.500. The first-order chi connectivity index (χ1) is 17.9. The quantitative estimate of drug-likeness (QED) is 0.205. The molecule has 0 aliphatic heterocycles. The van der Waals surface area contributed by atoms with Crippen LogP contribution in [0.15, 0.2) is 36.5 Å².